The average Bonchev–Trinajstić information content (AvgIpc) is 3.04. The minimum Gasteiger partial charge on any atom is -0.390 e. The monoisotopic (exact) mass is 430 g/mol. The van der Waals surface area contributed by atoms with E-state index in [1.807, 2.05) is 19.9 Å². The number of hydrogen-bond acceptors (Lipinski definition) is 4. The van der Waals surface area contributed by atoms with E-state index in [0.29, 0.717) is 28.7 Å². The first kappa shape index (κ1) is 24.4. The topological polar surface area (TPSA) is 77.8 Å². The van der Waals surface area contributed by atoms with Gasteiger partial charge >= 0.3 is 0 Å². The predicted molar refractivity (Wildman–Crippen MR) is 124 cm³/mol. The highest BCUT2D eigenvalue weighted by molar-refractivity contribution is 5.92. The van der Waals surface area contributed by atoms with Gasteiger partial charge in [-0.2, -0.15) is 0 Å². The molecule has 1 unspecified atom stereocenters. The molecular formula is C27H42O4. The number of aliphatic hydroxyl groups excluding tert-OH is 2. The average molecular weight is 431 g/mol. The number of Topliss-reactive ketones (excluding diaryl/α,β-unsaturated/α-hetero) is 1. The van der Waals surface area contributed by atoms with E-state index in [0.717, 1.165) is 24.8 Å². The first-order valence-corrected chi connectivity index (χ1v) is 12.1. The molecule has 0 radical (unpaired) electrons. The summed E-state index contributed by atoms with van der Waals surface area (Å²) >= 11 is 0. The van der Waals surface area contributed by atoms with Crippen molar-refractivity contribution in [3.63, 3.8) is 0 Å². The lowest BCUT2D eigenvalue weighted by Crippen LogP contribution is -2.38. The number of hydrogen-bond donors (Lipinski definition) is 3. The summed E-state index contributed by atoms with van der Waals surface area (Å²) in [5.74, 6) is 1.40. The SMILES string of the molecule is C=C1C(=CC=C2CCC[C@@]3(C)C2CC[C@@H]3[C@H](C)CCCC(C)(C)O)C[C@@H](O)C(=O)[C@@H]1O. The van der Waals surface area contributed by atoms with E-state index >= 15 is 0 Å². The van der Waals surface area contributed by atoms with E-state index < -0.39 is 23.6 Å². The molecule has 31 heavy (non-hydrogen) atoms. The van der Waals surface area contributed by atoms with Gasteiger partial charge in [-0.25, -0.2) is 0 Å². The largest absolute Gasteiger partial charge is 0.390 e. The lowest BCUT2D eigenvalue weighted by molar-refractivity contribution is -0.134. The summed E-state index contributed by atoms with van der Waals surface area (Å²) < 4.78 is 0. The van der Waals surface area contributed by atoms with Crippen LogP contribution in [0, 0.1) is 23.2 Å². The lowest BCUT2D eigenvalue weighted by Gasteiger charge is -2.44. The van der Waals surface area contributed by atoms with Crippen molar-refractivity contribution in [2.24, 2.45) is 23.2 Å². The van der Waals surface area contributed by atoms with E-state index in [1.165, 1.54) is 37.7 Å². The molecule has 0 bridgehead atoms. The van der Waals surface area contributed by atoms with Crippen molar-refractivity contribution < 1.29 is 20.1 Å². The highest BCUT2D eigenvalue weighted by Gasteiger charge is 2.50. The van der Waals surface area contributed by atoms with Gasteiger partial charge in [-0.15, -0.1) is 0 Å². The fraction of sp³-hybridized carbons (Fsp3) is 0.741. The molecule has 3 saturated carbocycles. The molecule has 0 spiro atoms. The Hall–Kier alpha value is -1.23. The quantitative estimate of drug-likeness (QED) is 0.561. The second-order valence-corrected chi connectivity index (χ2v) is 11.3. The number of carbonyl (C=O) groups is 1. The van der Waals surface area contributed by atoms with Gasteiger partial charge in [0.15, 0.2) is 5.78 Å². The number of ketones is 1. The number of fused-ring (bicyclic) bond motifs is 1. The van der Waals surface area contributed by atoms with Crippen molar-refractivity contribution >= 4 is 5.78 Å². The third kappa shape index (κ3) is 5.23. The number of allylic oxidation sites excluding steroid dienone is 3. The van der Waals surface area contributed by atoms with E-state index in [9.17, 15) is 20.1 Å². The number of rotatable bonds is 6. The Balaban J connectivity index is 1.72. The maximum Gasteiger partial charge on any atom is 0.194 e. The zero-order valence-electron chi connectivity index (χ0n) is 19.9. The minimum absolute atomic E-state index is 0.237. The maximum atomic E-state index is 11.8. The Kier molecular flexibility index (Phi) is 7.35. The van der Waals surface area contributed by atoms with Crippen molar-refractivity contribution in [3.8, 4) is 0 Å². The van der Waals surface area contributed by atoms with Crippen LogP contribution in [0.25, 0.3) is 0 Å². The molecule has 0 aromatic heterocycles. The van der Waals surface area contributed by atoms with Gasteiger partial charge in [-0.3, -0.25) is 4.79 Å². The van der Waals surface area contributed by atoms with Gasteiger partial charge in [0.05, 0.1) is 5.60 Å². The molecule has 0 amide bonds. The van der Waals surface area contributed by atoms with Crippen LogP contribution in [0.1, 0.15) is 85.5 Å². The fourth-order valence-corrected chi connectivity index (χ4v) is 6.62. The zero-order chi connectivity index (χ0) is 23.0. The Morgan fingerprint density at radius 1 is 1.26 bits per heavy atom. The fourth-order valence-electron chi connectivity index (χ4n) is 6.62. The summed E-state index contributed by atoms with van der Waals surface area (Å²) in [4.78, 5) is 11.8. The molecule has 0 aromatic rings. The summed E-state index contributed by atoms with van der Waals surface area (Å²) in [5, 5.41) is 30.0. The lowest BCUT2D eigenvalue weighted by atomic mass is 9.60. The molecular weight excluding hydrogens is 388 g/mol. The summed E-state index contributed by atoms with van der Waals surface area (Å²) in [6.45, 7) is 12.6. The van der Waals surface area contributed by atoms with E-state index in [2.05, 4.69) is 26.5 Å². The standard InChI is InChI=1S/C27H42O4/c1-17(8-6-14-26(3,4)31)21-12-13-22-19(9-7-15-27(21,22)5)10-11-20-16-23(28)25(30)24(29)18(20)2/h10-11,17,21-24,28-29,31H,2,6-9,12-16H2,1,3-5H3/t17-,21-,22?,23-,24-,27-/m1/s1. The smallest absolute Gasteiger partial charge is 0.194 e. The van der Waals surface area contributed by atoms with Crippen LogP contribution in [0.15, 0.2) is 35.5 Å². The molecule has 3 N–H and O–H groups in total. The maximum absolute atomic E-state index is 11.8. The van der Waals surface area contributed by atoms with Crippen molar-refractivity contribution in [2.45, 2.75) is 103 Å². The summed E-state index contributed by atoms with van der Waals surface area (Å²) in [6, 6.07) is 0. The Morgan fingerprint density at radius 3 is 2.65 bits per heavy atom. The van der Waals surface area contributed by atoms with Crippen molar-refractivity contribution in [1.82, 2.24) is 0 Å². The molecule has 4 heteroatoms. The molecule has 3 fully saturated rings. The van der Waals surface area contributed by atoms with Crippen LogP contribution in [0.2, 0.25) is 0 Å². The van der Waals surface area contributed by atoms with Crippen LogP contribution in [0.3, 0.4) is 0 Å². The van der Waals surface area contributed by atoms with Crippen LogP contribution >= 0.6 is 0 Å². The normalized spacial score (nSPS) is 38.0. The van der Waals surface area contributed by atoms with E-state index in [-0.39, 0.29) is 6.42 Å². The molecule has 3 aliphatic rings. The predicted octanol–water partition coefficient (Wildman–Crippen LogP) is 4.88. The second kappa shape index (κ2) is 9.33. The second-order valence-electron chi connectivity index (χ2n) is 11.3. The molecule has 0 heterocycles. The zero-order valence-corrected chi connectivity index (χ0v) is 19.9. The van der Waals surface area contributed by atoms with Crippen LogP contribution in [-0.4, -0.2) is 38.9 Å². The molecule has 174 valence electrons. The van der Waals surface area contributed by atoms with Crippen LogP contribution < -0.4 is 0 Å². The summed E-state index contributed by atoms with van der Waals surface area (Å²) in [5.41, 5.74) is 2.42. The van der Waals surface area contributed by atoms with Crippen molar-refractivity contribution in [3.05, 3.63) is 35.5 Å². The molecule has 3 rings (SSSR count). The molecule has 0 aromatic carbocycles. The van der Waals surface area contributed by atoms with Crippen molar-refractivity contribution in [1.29, 1.82) is 0 Å². The van der Waals surface area contributed by atoms with Crippen LogP contribution in [0.4, 0.5) is 0 Å². The minimum atomic E-state index is -1.29. The molecule has 6 atom stereocenters. The first-order valence-electron chi connectivity index (χ1n) is 12.1. The highest BCUT2D eigenvalue weighted by Crippen LogP contribution is 2.60. The van der Waals surface area contributed by atoms with Gasteiger partial charge in [0.25, 0.3) is 0 Å². The number of aliphatic hydroxyl groups is 3. The van der Waals surface area contributed by atoms with Gasteiger partial charge < -0.3 is 15.3 Å². The molecule has 4 nitrogen and oxygen atoms in total. The number of carbonyl (C=O) groups excluding carboxylic acids is 1. The Labute approximate surface area is 188 Å². The summed E-state index contributed by atoms with van der Waals surface area (Å²) in [6.07, 6.45) is 11.1. The third-order valence-electron chi connectivity index (χ3n) is 8.43. The van der Waals surface area contributed by atoms with E-state index in [1.54, 1.807) is 0 Å². The van der Waals surface area contributed by atoms with Gasteiger partial charge in [-0.05, 0) is 86.7 Å². The van der Waals surface area contributed by atoms with E-state index in [4.69, 9.17) is 0 Å². The van der Waals surface area contributed by atoms with Gasteiger partial charge in [0, 0.05) is 6.42 Å². The van der Waals surface area contributed by atoms with Gasteiger partial charge in [0.1, 0.15) is 12.2 Å². The first-order chi connectivity index (χ1) is 14.4. The van der Waals surface area contributed by atoms with Crippen molar-refractivity contribution in [2.75, 3.05) is 0 Å². The van der Waals surface area contributed by atoms with Gasteiger partial charge in [0.2, 0.25) is 0 Å². The molecule has 3 aliphatic carbocycles. The Bertz CT molecular complexity index is 756. The Morgan fingerprint density at radius 2 is 1.97 bits per heavy atom. The van der Waals surface area contributed by atoms with Crippen LogP contribution in [-0.2, 0) is 4.79 Å². The summed E-state index contributed by atoms with van der Waals surface area (Å²) in [7, 11) is 0. The molecule has 0 saturated heterocycles. The van der Waals surface area contributed by atoms with Gasteiger partial charge in [-0.1, -0.05) is 51.0 Å². The highest BCUT2D eigenvalue weighted by atomic mass is 16.3. The van der Waals surface area contributed by atoms with Crippen LogP contribution in [0.5, 0.6) is 0 Å². The third-order valence-corrected chi connectivity index (χ3v) is 8.43. The molecule has 0 aliphatic heterocycles.